The molecule has 1 aromatic rings. The Morgan fingerprint density at radius 3 is 2.56 bits per heavy atom. The van der Waals surface area contributed by atoms with Crippen LogP contribution in [0.25, 0.3) is 0 Å². The molecule has 1 fully saturated rings. The molecule has 88 valence electrons. The van der Waals surface area contributed by atoms with Gasteiger partial charge in [-0.1, -0.05) is 0 Å². The molecule has 0 radical (unpaired) electrons. The lowest BCUT2D eigenvalue weighted by molar-refractivity contribution is 0.0731. The van der Waals surface area contributed by atoms with E-state index < -0.39 is 0 Å². The van der Waals surface area contributed by atoms with E-state index in [9.17, 15) is 4.79 Å². The molecule has 2 rings (SSSR count). The van der Waals surface area contributed by atoms with Crippen molar-refractivity contribution in [2.75, 3.05) is 13.1 Å². The molecule has 1 amide bonds. The van der Waals surface area contributed by atoms with Gasteiger partial charge in [-0.2, -0.15) is 0 Å². The maximum Gasteiger partial charge on any atom is 0.263 e. The second-order valence-corrected chi connectivity index (χ2v) is 6.19. The first-order valence-corrected chi connectivity index (χ1v) is 6.83. The van der Waals surface area contributed by atoms with E-state index in [1.54, 1.807) is 11.3 Å². The van der Waals surface area contributed by atoms with Crippen molar-refractivity contribution in [2.24, 2.45) is 0 Å². The highest BCUT2D eigenvalue weighted by Crippen LogP contribution is 2.24. The molecule has 0 aromatic carbocycles. The van der Waals surface area contributed by atoms with Crippen LogP contribution in [-0.4, -0.2) is 29.3 Å². The lowest BCUT2D eigenvalue weighted by Gasteiger charge is -2.28. The van der Waals surface area contributed by atoms with Crippen LogP contribution in [0.4, 0.5) is 0 Å². The Morgan fingerprint density at radius 2 is 2.06 bits per heavy atom. The first-order chi connectivity index (χ1) is 7.58. The number of piperidine rings is 1. The summed E-state index contributed by atoms with van der Waals surface area (Å²) in [5.41, 5.74) is 1.21. The first kappa shape index (κ1) is 11.9. The standard InChI is InChI=1S/C12H16ClNOS/c1-8-7-11(16-9(8)2)12(15)14-5-3-10(13)4-6-14/h7,10H,3-6H2,1-2H3. The Kier molecular flexibility index (Phi) is 3.55. The molecule has 0 N–H and O–H groups in total. The number of carbonyl (C=O) groups excluding carboxylic acids is 1. The summed E-state index contributed by atoms with van der Waals surface area (Å²) in [7, 11) is 0. The third kappa shape index (κ3) is 2.41. The summed E-state index contributed by atoms with van der Waals surface area (Å²) < 4.78 is 0. The Labute approximate surface area is 105 Å². The van der Waals surface area contributed by atoms with E-state index >= 15 is 0 Å². The first-order valence-electron chi connectivity index (χ1n) is 5.58. The number of thiophene rings is 1. The minimum Gasteiger partial charge on any atom is -0.338 e. The molecular formula is C12H16ClNOS. The number of hydrogen-bond acceptors (Lipinski definition) is 2. The summed E-state index contributed by atoms with van der Waals surface area (Å²) in [5, 5.41) is 0.246. The van der Waals surface area contributed by atoms with E-state index in [0.717, 1.165) is 30.8 Å². The largest absolute Gasteiger partial charge is 0.338 e. The minimum atomic E-state index is 0.171. The molecule has 0 saturated carbocycles. The van der Waals surface area contributed by atoms with Gasteiger partial charge in [-0.05, 0) is 38.3 Å². The van der Waals surface area contributed by atoms with Crippen LogP contribution in [0.2, 0.25) is 0 Å². The summed E-state index contributed by atoms with van der Waals surface area (Å²) in [6.45, 7) is 5.70. The molecular weight excluding hydrogens is 242 g/mol. The predicted molar refractivity (Wildman–Crippen MR) is 68.6 cm³/mol. The van der Waals surface area contributed by atoms with Crippen molar-refractivity contribution >= 4 is 28.8 Å². The fourth-order valence-electron chi connectivity index (χ4n) is 1.89. The smallest absolute Gasteiger partial charge is 0.263 e. The molecule has 1 aromatic heterocycles. The van der Waals surface area contributed by atoms with Crippen molar-refractivity contribution in [1.82, 2.24) is 4.90 Å². The fourth-order valence-corrected chi connectivity index (χ4v) is 3.08. The van der Waals surface area contributed by atoms with E-state index in [4.69, 9.17) is 11.6 Å². The maximum atomic E-state index is 12.2. The number of hydrogen-bond donors (Lipinski definition) is 0. The molecule has 0 unspecified atom stereocenters. The van der Waals surface area contributed by atoms with Crippen molar-refractivity contribution in [2.45, 2.75) is 32.1 Å². The van der Waals surface area contributed by atoms with Crippen LogP contribution in [0.3, 0.4) is 0 Å². The van der Waals surface area contributed by atoms with E-state index in [0.29, 0.717) is 0 Å². The summed E-state index contributed by atoms with van der Waals surface area (Å²) in [6.07, 6.45) is 1.83. The molecule has 1 aliphatic heterocycles. The average molecular weight is 258 g/mol. The number of nitrogens with zero attached hydrogens (tertiary/aromatic N) is 1. The lowest BCUT2D eigenvalue weighted by Crippen LogP contribution is -2.38. The minimum absolute atomic E-state index is 0.171. The molecule has 0 atom stereocenters. The zero-order valence-electron chi connectivity index (χ0n) is 9.62. The molecule has 1 saturated heterocycles. The number of carbonyl (C=O) groups is 1. The Morgan fingerprint density at radius 1 is 1.44 bits per heavy atom. The molecule has 16 heavy (non-hydrogen) atoms. The Hall–Kier alpha value is -0.540. The monoisotopic (exact) mass is 257 g/mol. The number of alkyl halides is 1. The molecule has 0 spiro atoms. The molecule has 0 aliphatic carbocycles. The van der Waals surface area contributed by atoms with Gasteiger partial charge >= 0.3 is 0 Å². The van der Waals surface area contributed by atoms with E-state index in [1.165, 1.54) is 10.4 Å². The van der Waals surface area contributed by atoms with Crippen LogP contribution in [0.15, 0.2) is 6.07 Å². The number of halogens is 1. The second kappa shape index (κ2) is 4.76. The van der Waals surface area contributed by atoms with Crippen LogP contribution in [0.1, 0.15) is 33.0 Å². The molecule has 4 heteroatoms. The molecule has 1 aliphatic rings. The van der Waals surface area contributed by atoms with Crippen LogP contribution in [0.5, 0.6) is 0 Å². The SMILES string of the molecule is Cc1cc(C(=O)N2CCC(Cl)CC2)sc1C. The van der Waals surface area contributed by atoms with Gasteiger partial charge in [-0.3, -0.25) is 4.79 Å². The average Bonchev–Trinajstić information content (AvgIpc) is 2.59. The van der Waals surface area contributed by atoms with Crippen molar-refractivity contribution in [3.8, 4) is 0 Å². The normalized spacial score (nSPS) is 17.8. The van der Waals surface area contributed by atoms with Crippen molar-refractivity contribution in [3.05, 3.63) is 21.4 Å². The van der Waals surface area contributed by atoms with Gasteiger partial charge in [-0.25, -0.2) is 0 Å². The zero-order chi connectivity index (χ0) is 11.7. The van der Waals surface area contributed by atoms with Gasteiger partial charge in [0.2, 0.25) is 0 Å². The summed E-state index contributed by atoms with van der Waals surface area (Å²) in [4.78, 5) is 16.2. The van der Waals surface area contributed by atoms with Crippen molar-refractivity contribution in [3.63, 3.8) is 0 Å². The Balaban J connectivity index is 2.07. The van der Waals surface area contributed by atoms with Gasteiger partial charge in [0.15, 0.2) is 0 Å². The van der Waals surface area contributed by atoms with Gasteiger partial charge in [0.05, 0.1) is 4.88 Å². The van der Waals surface area contributed by atoms with Gasteiger partial charge < -0.3 is 4.90 Å². The second-order valence-electron chi connectivity index (χ2n) is 4.32. The zero-order valence-corrected chi connectivity index (χ0v) is 11.2. The van der Waals surface area contributed by atoms with Gasteiger partial charge in [0, 0.05) is 23.3 Å². The highest BCUT2D eigenvalue weighted by Gasteiger charge is 2.23. The maximum absolute atomic E-state index is 12.2. The van der Waals surface area contributed by atoms with E-state index in [-0.39, 0.29) is 11.3 Å². The fraction of sp³-hybridized carbons (Fsp3) is 0.583. The van der Waals surface area contributed by atoms with Crippen molar-refractivity contribution in [1.29, 1.82) is 0 Å². The van der Waals surface area contributed by atoms with Crippen LogP contribution < -0.4 is 0 Å². The van der Waals surface area contributed by atoms with Crippen molar-refractivity contribution < 1.29 is 4.79 Å². The molecule has 2 heterocycles. The lowest BCUT2D eigenvalue weighted by atomic mass is 10.1. The summed E-state index contributed by atoms with van der Waals surface area (Å²) in [6, 6.07) is 2.00. The van der Waals surface area contributed by atoms with Gasteiger partial charge in [0.1, 0.15) is 0 Å². The van der Waals surface area contributed by atoms with Crippen LogP contribution in [0, 0.1) is 13.8 Å². The highest BCUT2D eigenvalue weighted by atomic mass is 35.5. The van der Waals surface area contributed by atoms with E-state index in [1.807, 2.05) is 17.9 Å². The summed E-state index contributed by atoms with van der Waals surface area (Å²) in [5.74, 6) is 0.171. The number of aryl methyl sites for hydroxylation is 2. The van der Waals surface area contributed by atoms with Crippen LogP contribution >= 0.6 is 22.9 Å². The number of likely N-dealkylation sites (tertiary alicyclic amines) is 1. The number of rotatable bonds is 1. The van der Waals surface area contributed by atoms with Gasteiger partial charge in [-0.15, -0.1) is 22.9 Å². The highest BCUT2D eigenvalue weighted by molar-refractivity contribution is 7.14. The predicted octanol–water partition coefficient (Wildman–Crippen LogP) is 3.21. The van der Waals surface area contributed by atoms with Gasteiger partial charge in [0.25, 0.3) is 5.91 Å². The topological polar surface area (TPSA) is 20.3 Å². The quantitative estimate of drug-likeness (QED) is 0.708. The van der Waals surface area contributed by atoms with E-state index in [2.05, 4.69) is 6.92 Å². The number of amides is 1. The summed E-state index contributed by atoms with van der Waals surface area (Å²) >= 11 is 7.62. The third-order valence-corrected chi connectivity index (χ3v) is 4.67. The van der Waals surface area contributed by atoms with Crippen LogP contribution in [-0.2, 0) is 0 Å². The third-order valence-electron chi connectivity index (χ3n) is 3.09. The molecule has 0 bridgehead atoms. The Bertz CT molecular complexity index is 374. The molecule has 2 nitrogen and oxygen atoms in total.